The summed E-state index contributed by atoms with van der Waals surface area (Å²) in [5.41, 5.74) is 0.781. The highest BCUT2D eigenvalue weighted by Gasteiger charge is 2.39. The van der Waals surface area contributed by atoms with Gasteiger partial charge in [0.25, 0.3) is 0 Å². The summed E-state index contributed by atoms with van der Waals surface area (Å²) in [5, 5.41) is 4.35. The van der Waals surface area contributed by atoms with E-state index in [1.54, 1.807) is 25.1 Å². The van der Waals surface area contributed by atoms with Gasteiger partial charge in [-0.15, -0.1) is 11.6 Å². The lowest BCUT2D eigenvalue weighted by molar-refractivity contribution is 0.0152. The van der Waals surface area contributed by atoms with Gasteiger partial charge in [-0.1, -0.05) is 28.9 Å². The molecule has 0 fully saturated rings. The van der Waals surface area contributed by atoms with Crippen molar-refractivity contribution in [2.45, 2.75) is 31.6 Å². The molecule has 1 aliphatic rings. The van der Waals surface area contributed by atoms with Crippen molar-refractivity contribution in [1.82, 2.24) is 0 Å². The molecule has 1 heterocycles. The fraction of sp³-hybridized carbons (Fsp3) is 0.462. The summed E-state index contributed by atoms with van der Waals surface area (Å²) in [6.07, 6.45) is 0.200. The first-order valence-corrected chi connectivity index (χ1v) is 8.61. The summed E-state index contributed by atoms with van der Waals surface area (Å²) in [4.78, 5) is 5.12. The fourth-order valence-corrected chi connectivity index (χ4v) is 3.61. The van der Waals surface area contributed by atoms with E-state index < -0.39 is 15.4 Å². The molecule has 0 aromatic heterocycles. The van der Waals surface area contributed by atoms with E-state index in [9.17, 15) is 8.42 Å². The molecule has 2 rings (SSSR count). The number of alkyl halides is 1. The average molecular weight is 336 g/mol. The molecule has 0 bridgehead atoms. The van der Waals surface area contributed by atoms with Crippen molar-refractivity contribution in [3.8, 4) is 0 Å². The maximum absolute atomic E-state index is 12.3. The summed E-state index contributed by atoms with van der Waals surface area (Å²) in [6.45, 7) is 3.57. The van der Waals surface area contributed by atoms with E-state index in [0.717, 1.165) is 5.56 Å². The van der Waals surface area contributed by atoms with Gasteiger partial charge in [-0.2, -0.15) is 0 Å². The van der Waals surface area contributed by atoms with Crippen molar-refractivity contribution < 1.29 is 13.3 Å². The third-order valence-electron chi connectivity index (χ3n) is 3.11. The molecule has 0 amide bonds. The van der Waals surface area contributed by atoms with Gasteiger partial charge in [0.2, 0.25) is 0 Å². The number of benzene rings is 1. The highest BCUT2D eigenvalue weighted by atomic mass is 35.5. The third-order valence-corrected chi connectivity index (χ3v) is 5.75. The minimum Gasteiger partial charge on any atom is -0.387 e. The molecular formula is C13H15Cl2NO3S. The average Bonchev–Trinajstić information content (AvgIpc) is 2.78. The molecule has 0 spiro atoms. The zero-order valence-electron chi connectivity index (χ0n) is 11.2. The fourth-order valence-electron chi connectivity index (χ4n) is 1.88. The zero-order valence-corrected chi connectivity index (χ0v) is 13.5. The van der Waals surface area contributed by atoms with Crippen LogP contribution in [0.1, 0.15) is 24.5 Å². The Kier molecular flexibility index (Phi) is 4.33. The number of rotatable bonds is 3. The number of sulfone groups is 1. The minimum atomic E-state index is -3.50. The second-order valence-electron chi connectivity index (χ2n) is 5.18. The van der Waals surface area contributed by atoms with Crippen LogP contribution in [-0.4, -0.2) is 24.9 Å². The summed E-state index contributed by atoms with van der Waals surface area (Å²) < 4.78 is 24.6. The molecule has 4 nitrogen and oxygen atoms in total. The van der Waals surface area contributed by atoms with E-state index in [1.807, 2.05) is 6.92 Å². The first kappa shape index (κ1) is 15.6. The van der Waals surface area contributed by atoms with Gasteiger partial charge in [0.15, 0.2) is 20.5 Å². The van der Waals surface area contributed by atoms with E-state index in [2.05, 4.69) is 5.16 Å². The maximum Gasteiger partial charge on any atom is 0.199 e. The lowest BCUT2D eigenvalue weighted by Gasteiger charge is -2.16. The second kappa shape index (κ2) is 5.54. The highest BCUT2D eigenvalue weighted by Crippen LogP contribution is 2.28. The van der Waals surface area contributed by atoms with E-state index in [-0.39, 0.29) is 23.1 Å². The Morgan fingerprint density at radius 2 is 2.15 bits per heavy atom. The molecule has 7 heteroatoms. The summed E-state index contributed by atoms with van der Waals surface area (Å²) in [7, 11) is -3.50. The number of hydrogen-bond donors (Lipinski definition) is 0. The minimum absolute atomic E-state index is 0.0493. The summed E-state index contributed by atoms with van der Waals surface area (Å²) in [5.74, 6) is 0.0706. The first-order chi connectivity index (χ1) is 9.26. The Morgan fingerprint density at radius 3 is 2.70 bits per heavy atom. The molecule has 0 saturated carbocycles. The molecule has 110 valence electrons. The second-order valence-corrected chi connectivity index (χ2v) is 7.84. The molecule has 1 unspecified atom stereocenters. The van der Waals surface area contributed by atoms with Crippen LogP contribution in [0.2, 0.25) is 5.02 Å². The largest absolute Gasteiger partial charge is 0.387 e. The van der Waals surface area contributed by atoms with Crippen LogP contribution in [0.4, 0.5) is 0 Å². The van der Waals surface area contributed by atoms with Crippen LogP contribution in [-0.2, 0) is 20.4 Å². The molecule has 1 atom stereocenters. The van der Waals surface area contributed by atoms with Gasteiger partial charge < -0.3 is 4.84 Å². The van der Waals surface area contributed by atoms with E-state index >= 15 is 0 Å². The van der Waals surface area contributed by atoms with Crippen LogP contribution in [0.5, 0.6) is 0 Å². The highest BCUT2D eigenvalue weighted by molar-refractivity contribution is 8.05. The van der Waals surface area contributed by atoms with Crippen LogP contribution in [0.15, 0.2) is 23.4 Å². The van der Waals surface area contributed by atoms with Crippen molar-refractivity contribution in [3.63, 3.8) is 0 Å². The van der Waals surface area contributed by atoms with Crippen LogP contribution in [0, 0.1) is 6.92 Å². The molecule has 20 heavy (non-hydrogen) atoms. The van der Waals surface area contributed by atoms with Gasteiger partial charge >= 0.3 is 0 Å². The Balaban J connectivity index is 2.18. The van der Waals surface area contributed by atoms with Crippen LogP contribution in [0.3, 0.4) is 0 Å². The number of oxime groups is 1. The van der Waals surface area contributed by atoms with Crippen molar-refractivity contribution in [1.29, 1.82) is 0 Å². The Morgan fingerprint density at radius 1 is 1.45 bits per heavy atom. The molecule has 1 aromatic rings. The molecule has 1 aliphatic heterocycles. The lowest BCUT2D eigenvalue weighted by atomic mass is 10.1. The van der Waals surface area contributed by atoms with Crippen molar-refractivity contribution in [2.75, 3.05) is 5.88 Å². The Labute approximate surface area is 128 Å². The lowest BCUT2D eigenvalue weighted by Crippen LogP contribution is -2.28. The predicted octanol–water partition coefficient (Wildman–Crippen LogP) is 3.29. The number of nitrogens with zero attached hydrogens (tertiary/aromatic N) is 1. The van der Waals surface area contributed by atoms with E-state index in [0.29, 0.717) is 10.6 Å². The summed E-state index contributed by atoms with van der Waals surface area (Å²) in [6, 6.07) is 5.15. The van der Waals surface area contributed by atoms with Crippen molar-refractivity contribution in [3.05, 3.63) is 34.3 Å². The monoisotopic (exact) mass is 335 g/mol. The molecule has 0 radical (unpaired) electrons. The van der Waals surface area contributed by atoms with Crippen LogP contribution >= 0.6 is 23.2 Å². The predicted molar refractivity (Wildman–Crippen MR) is 81.1 cm³/mol. The normalized spacial score (nSPS) is 22.5. The molecule has 0 N–H and O–H groups in total. The third kappa shape index (κ3) is 3.27. The standard InChI is InChI=1S/C13H15Cl2NO3S/c1-9-5-10(3-4-11(9)15)7-20(17,18)12-6-13(2,8-14)19-16-12/h3-5H,6-8H2,1-2H3. The zero-order chi connectivity index (χ0) is 15.0. The Hall–Kier alpha value is -0.780. The van der Waals surface area contributed by atoms with Gasteiger partial charge in [-0.05, 0) is 31.0 Å². The molecule has 1 aromatic carbocycles. The SMILES string of the molecule is Cc1cc(CS(=O)(=O)C2=NOC(C)(CCl)C2)ccc1Cl. The molecule has 0 aliphatic carbocycles. The smallest absolute Gasteiger partial charge is 0.199 e. The van der Waals surface area contributed by atoms with E-state index in [4.69, 9.17) is 28.0 Å². The Bertz CT molecular complexity index is 658. The van der Waals surface area contributed by atoms with Gasteiger partial charge in [0.1, 0.15) is 0 Å². The van der Waals surface area contributed by atoms with Gasteiger partial charge in [-0.3, -0.25) is 0 Å². The maximum atomic E-state index is 12.3. The molecule has 0 saturated heterocycles. The van der Waals surface area contributed by atoms with Gasteiger partial charge in [-0.25, -0.2) is 8.42 Å². The van der Waals surface area contributed by atoms with E-state index in [1.165, 1.54) is 0 Å². The van der Waals surface area contributed by atoms with Gasteiger partial charge in [0, 0.05) is 11.4 Å². The van der Waals surface area contributed by atoms with Crippen molar-refractivity contribution in [2.24, 2.45) is 5.16 Å². The van der Waals surface area contributed by atoms with Crippen molar-refractivity contribution >= 4 is 38.1 Å². The van der Waals surface area contributed by atoms with Crippen LogP contribution in [0.25, 0.3) is 0 Å². The topological polar surface area (TPSA) is 55.7 Å². The van der Waals surface area contributed by atoms with Crippen LogP contribution < -0.4 is 0 Å². The number of aryl methyl sites for hydroxylation is 1. The summed E-state index contributed by atoms with van der Waals surface area (Å²) >= 11 is 11.7. The van der Waals surface area contributed by atoms with Gasteiger partial charge in [0.05, 0.1) is 11.6 Å². The number of halogens is 2. The first-order valence-electron chi connectivity index (χ1n) is 6.04. The number of hydrogen-bond acceptors (Lipinski definition) is 4. The quantitative estimate of drug-likeness (QED) is 0.796. The molecular weight excluding hydrogens is 321 g/mol.